The monoisotopic (exact) mass is 342 g/mol. The van der Waals surface area contributed by atoms with Gasteiger partial charge in [0, 0.05) is 36.8 Å². The Balaban J connectivity index is 1.75. The zero-order valence-corrected chi connectivity index (χ0v) is 13.9. The van der Waals surface area contributed by atoms with Gasteiger partial charge in [0.1, 0.15) is 5.82 Å². The molecule has 3 rings (SSSR count). The summed E-state index contributed by atoms with van der Waals surface area (Å²) >= 11 is 0. The van der Waals surface area contributed by atoms with E-state index in [1.54, 1.807) is 12.1 Å². The molecular formula is C18H22N4O3. The number of aliphatic carboxylic acids is 1. The van der Waals surface area contributed by atoms with Crippen LogP contribution >= 0.6 is 0 Å². The number of carbonyl (C=O) groups excluding carboxylic acids is 1. The first-order valence-electron chi connectivity index (χ1n) is 8.43. The van der Waals surface area contributed by atoms with Crippen LogP contribution in [0.15, 0.2) is 30.5 Å². The summed E-state index contributed by atoms with van der Waals surface area (Å²) in [5.41, 5.74) is 7.98. The molecule has 1 aliphatic heterocycles. The number of aromatic nitrogens is 2. The van der Waals surface area contributed by atoms with Crippen LogP contribution in [0.3, 0.4) is 0 Å². The molecule has 7 heteroatoms. The molecule has 2 heterocycles. The van der Waals surface area contributed by atoms with Gasteiger partial charge >= 0.3 is 5.97 Å². The van der Waals surface area contributed by atoms with Crippen LogP contribution in [-0.2, 0) is 17.8 Å². The van der Waals surface area contributed by atoms with E-state index in [9.17, 15) is 9.59 Å². The van der Waals surface area contributed by atoms with Gasteiger partial charge < -0.3 is 20.7 Å². The Morgan fingerprint density at radius 2 is 2.24 bits per heavy atom. The summed E-state index contributed by atoms with van der Waals surface area (Å²) in [6.07, 6.45) is 3.89. The third kappa shape index (κ3) is 4.06. The van der Waals surface area contributed by atoms with Gasteiger partial charge in [-0.15, -0.1) is 0 Å². The predicted molar refractivity (Wildman–Crippen MR) is 93.1 cm³/mol. The van der Waals surface area contributed by atoms with Crippen LogP contribution in [0.25, 0.3) is 11.3 Å². The number of carboxylic acid groups (broad SMARTS) is 1. The number of carbonyl (C=O) groups is 2. The van der Waals surface area contributed by atoms with Gasteiger partial charge in [0.2, 0.25) is 0 Å². The van der Waals surface area contributed by atoms with Gasteiger partial charge in [-0.3, -0.25) is 9.59 Å². The molecule has 1 unspecified atom stereocenters. The number of hydrogen-bond donors (Lipinski definition) is 3. The van der Waals surface area contributed by atoms with Crippen molar-refractivity contribution in [2.45, 2.75) is 25.8 Å². The van der Waals surface area contributed by atoms with Gasteiger partial charge in [-0.1, -0.05) is 12.1 Å². The lowest BCUT2D eigenvalue weighted by atomic mass is 10.00. The summed E-state index contributed by atoms with van der Waals surface area (Å²) in [5, 5.41) is 11.2. The van der Waals surface area contributed by atoms with E-state index < -0.39 is 5.97 Å². The number of nitrogens with zero attached hydrogens (tertiary/aromatic N) is 2. The average Bonchev–Trinajstić information content (AvgIpc) is 3.04. The number of carboxylic acids is 1. The number of nitrogens with one attached hydrogen (secondary N) is 1. The lowest BCUT2D eigenvalue weighted by Gasteiger charge is -2.21. The highest BCUT2D eigenvalue weighted by Gasteiger charge is 2.20. The fourth-order valence-electron chi connectivity index (χ4n) is 3.05. The molecule has 0 radical (unpaired) electrons. The number of nitrogens with two attached hydrogens (primary N) is 1. The Labute approximate surface area is 145 Å². The van der Waals surface area contributed by atoms with Crippen molar-refractivity contribution in [3.05, 3.63) is 41.9 Å². The quantitative estimate of drug-likeness (QED) is 0.732. The molecule has 132 valence electrons. The molecule has 1 atom stereocenters. The molecule has 2 aromatic rings. The third-order valence-corrected chi connectivity index (χ3v) is 4.47. The molecule has 0 saturated carbocycles. The van der Waals surface area contributed by atoms with Crippen molar-refractivity contribution < 1.29 is 14.7 Å². The Morgan fingerprint density at radius 3 is 3.00 bits per heavy atom. The smallest absolute Gasteiger partial charge is 0.305 e. The first-order valence-corrected chi connectivity index (χ1v) is 8.43. The number of aryl methyl sites for hydroxylation is 1. The topological polar surface area (TPSA) is 110 Å². The van der Waals surface area contributed by atoms with E-state index in [0.29, 0.717) is 18.0 Å². The SMILES string of the molecule is NCC1CCc2nc(-c3cccc(C(=O)NCCC(=O)O)c3)cn2C1. The van der Waals surface area contributed by atoms with Crippen LogP contribution < -0.4 is 11.1 Å². The molecule has 0 aliphatic carbocycles. The first-order chi connectivity index (χ1) is 12.1. The van der Waals surface area contributed by atoms with Crippen molar-refractivity contribution in [1.29, 1.82) is 0 Å². The van der Waals surface area contributed by atoms with E-state index in [-0.39, 0.29) is 18.9 Å². The van der Waals surface area contributed by atoms with Crippen molar-refractivity contribution in [1.82, 2.24) is 14.9 Å². The molecule has 25 heavy (non-hydrogen) atoms. The van der Waals surface area contributed by atoms with Crippen LogP contribution in [0.5, 0.6) is 0 Å². The molecule has 1 aromatic heterocycles. The standard InChI is InChI=1S/C18H22N4O3/c19-9-12-4-5-16-21-15(11-22(16)10-12)13-2-1-3-14(8-13)18(25)20-7-6-17(23)24/h1-3,8,11-12H,4-7,9-10,19H2,(H,20,25)(H,23,24). The Bertz CT molecular complexity index is 784. The highest BCUT2D eigenvalue weighted by Crippen LogP contribution is 2.25. The molecule has 1 aromatic carbocycles. The maximum atomic E-state index is 12.1. The van der Waals surface area contributed by atoms with Gasteiger partial charge in [0.25, 0.3) is 5.91 Å². The number of hydrogen-bond acceptors (Lipinski definition) is 4. The van der Waals surface area contributed by atoms with Gasteiger partial charge in [0.05, 0.1) is 12.1 Å². The van der Waals surface area contributed by atoms with Gasteiger partial charge in [-0.2, -0.15) is 0 Å². The van der Waals surface area contributed by atoms with E-state index in [1.807, 2.05) is 18.3 Å². The van der Waals surface area contributed by atoms with Gasteiger partial charge in [0.15, 0.2) is 0 Å². The number of fused-ring (bicyclic) bond motifs is 1. The largest absolute Gasteiger partial charge is 0.481 e. The molecular weight excluding hydrogens is 320 g/mol. The van der Waals surface area contributed by atoms with Crippen molar-refractivity contribution >= 4 is 11.9 Å². The zero-order valence-electron chi connectivity index (χ0n) is 13.9. The fourth-order valence-corrected chi connectivity index (χ4v) is 3.05. The third-order valence-electron chi connectivity index (χ3n) is 4.47. The molecule has 1 aliphatic rings. The van der Waals surface area contributed by atoms with E-state index >= 15 is 0 Å². The summed E-state index contributed by atoms with van der Waals surface area (Å²) in [4.78, 5) is 27.4. The molecule has 1 amide bonds. The molecule has 7 nitrogen and oxygen atoms in total. The van der Waals surface area contributed by atoms with Crippen molar-refractivity contribution in [2.24, 2.45) is 11.7 Å². The summed E-state index contributed by atoms with van der Waals surface area (Å²) < 4.78 is 2.15. The van der Waals surface area contributed by atoms with Gasteiger partial charge in [-0.05, 0) is 31.0 Å². The number of amides is 1. The van der Waals surface area contributed by atoms with Crippen molar-refractivity contribution in [3.8, 4) is 11.3 Å². The maximum absolute atomic E-state index is 12.1. The molecule has 0 fully saturated rings. The number of rotatable bonds is 6. The highest BCUT2D eigenvalue weighted by atomic mass is 16.4. The molecule has 0 saturated heterocycles. The zero-order chi connectivity index (χ0) is 17.8. The van der Waals surface area contributed by atoms with Crippen LogP contribution in [0.4, 0.5) is 0 Å². The Hall–Kier alpha value is -2.67. The second-order valence-corrected chi connectivity index (χ2v) is 6.32. The highest BCUT2D eigenvalue weighted by molar-refractivity contribution is 5.95. The van der Waals surface area contributed by atoms with E-state index in [1.165, 1.54) is 0 Å². The van der Waals surface area contributed by atoms with E-state index in [4.69, 9.17) is 10.8 Å². The maximum Gasteiger partial charge on any atom is 0.305 e. The minimum Gasteiger partial charge on any atom is -0.481 e. The van der Waals surface area contributed by atoms with Crippen molar-refractivity contribution in [3.63, 3.8) is 0 Å². The van der Waals surface area contributed by atoms with Crippen LogP contribution in [0.2, 0.25) is 0 Å². The Kier molecular flexibility index (Phi) is 5.14. The predicted octanol–water partition coefficient (Wildman–Crippen LogP) is 1.28. The van der Waals surface area contributed by atoms with E-state index in [2.05, 4.69) is 14.9 Å². The second kappa shape index (κ2) is 7.48. The minimum absolute atomic E-state index is 0.0957. The molecule has 0 spiro atoms. The summed E-state index contributed by atoms with van der Waals surface area (Å²) in [6, 6.07) is 7.22. The average molecular weight is 342 g/mol. The lowest BCUT2D eigenvalue weighted by molar-refractivity contribution is -0.136. The summed E-state index contributed by atoms with van der Waals surface area (Å²) in [7, 11) is 0. The van der Waals surface area contributed by atoms with Gasteiger partial charge in [-0.25, -0.2) is 4.98 Å². The summed E-state index contributed by atoms with van der Waals surface area (Å²) in [5.74, 6) is 0.320. The molecule has 4 N–H and O–H groups in total. The fraction of sp³-hybridized carbons (Fsp3) is 0.389. The lowest BCUT2D eigenvalue weighted by Crippen LogP contribution is -2.26. The van der Waals surface area contributed by atoms with Crippen LogP contribution in [0.1, 0.15) is 29.0 Å². The Morgan fingerprint density at radius 1 is 1.40 bits per heavy atom. The van der Waals surface area contributed by atoms with Crippen molar-refractivity contribution in [2.75, 3.05) is 13.1 Å². The first kappa shape index (κ1) is 17.2. The molecule has 0 bridgehead atoms. The van der Waals surface area contributed by atoms with Crippen LogP contribution in [-0.4, -0.2) is 39.6 Å². The number of imidazole rings is 1. The minimum atomic E-state index is -0.937. The second-order valence-electron chi connectivity index (χ2n) is 6.32. The summed E-state index contributed by atoms with van der Waals surface area (Å²) in [6.45, 7) is 1.67. The van der Waals surface area contributed by atoms with E-state index in [0.717, 1.165) is 36.5 Å². The normalized spacial score (nSPS) is 16.3. The van der Waals surface area contributed by atoms with Crippen LogP contribution in [0, 0.1) is 5.92 Å². The number of benzene rings is 1.